The van der Waals surface area contributed by atoms with Gasteiger partial charge in [-0.1, -0.05) is 48.5 Å². The van der Waals surface area contributed by atoms with Gasteiger partial charge in [0.1, 0.15) is 12.6 Å². The van der Waals surface area contributed by atoms with Crippen LogP contribution < -0.4 is 0 Å². The summed E-state index contributed by atoms with van der Waals surface area (Å²) >= 11 is 0. The second kappa shape index (κ2) is 7.79. The number of likely N-dealkylation sites (N-methyl/N-ethyl adjacent to an activating group) is 1. The molecule has 0 bridgehead atoms. The molecule has 1 N–H and O–H groups in total. The van der Waals surface area contributed by atoms with Crippen LogP contribution in [0.15, 0.2) is 67.3 Å². The van der Waals surface area contributed by atoms with Crippen LogP contribution in [0.4, 0.5) is 4.79 Å². The summed E-state index contributed by atoms with van der Waals surface area (Å²) in [6.07, 6.45) is 4.06. The van der Waals surface area contributed by atoms with Crippen molar-refractivity contribution in [1.29, 1.82) is 0 Å². The maximum absolute atomic E-state index is 12.6. The lowest BCUT2D eigenvalue weighted by atomic mass is 9.98. The molecule has 7 heteroatoms. The zero-order valence-electron chi connectivity index (χ0n) is 15.9. The highest BCUT2D eigenvalue weighted by Gasteiger charge is 2.32. The maximum Gasteiger partial charge on any atom is 0.410 e. The molecule has 0 aliphatic heterocycles. The number of amides is 1. The van der Waals surface area contributed by atoms with E-state index in [1.165, 1.54) is 13.4 Å². The van der Waals surface area contributed by atoms with Gasteiger partial charge in [-0.15, -0.1) is 0 Å². The fraction of sp³-hybridized carbons (Fsp3) is 0.227. The molecule has 0 spiro atoms. The topological polar surface area (TPSA) is 84.7 Å². The standard InChI is InChI=1S/C22H21N3O4/c1-24(20(21(26)27)12-25-11-10-23-14-25)22(28)29-13-19-17-8-4-2-6-15(17)16-7-3-5-9-18(16)19/h2-11,14,19-20H,12-13H2,1H3,(H,26,27). The number of imidazole rings is 1. The summed E-state index contributed by atoms with van der Waals surface area (Å²) < 4.78 is 7.17. The van der Waals surface area contributed by atoms with E-state index >= 15 is 0 Å². The van der Waals surface area contributed by atoms with Crippen molar-refractivity contribution >= 4 is 12.1 Å². The molecule has 1 atom stereocenters. The summed E-state index contributed by atoms with van der Waals surface area (Å²) in [6.45, 7) is 0.241. The Morgan fingerprint density at radius 3 is 2.31 bits per heavy atom. The first kappa shape index (κ1) is 18.7. The van der Waals surface area contributed by atoms with Gasteiger partial charge >= 0.3 is 12.1 Å². The van der Waals surface area contributed by atoms with Gasteiger partial charge in [-0.3, -0.25) is 4.90 Å². The number of aliphatic carboxylic acids is 1. The van der Waals surface area contributed by atoms with Crippen LogP contribution in [0.5, 0.6) is 0 Å². The van der Waals surface area contributed by atoms with Gasteiger partial charge in [0.2, 0.25) is 0 Å². The van der Waals surface area contributed by atoms with E-state index in [2.05, 4.69) is 17.1 Å². The van der Waals surface area contributed by atoms with E-state index in [4.69, 9.17) is 4.74 Å². The van der Waals surface area contributed by atoms with Gasteiger partial charge in [0.15, 0.2) is 0 Å². The Morgan fingerprint density at radius 2 is 1.76 bits per heavy atom. The van der Waals surface area contributed by atoms with Crippen LogP contribution in [0, 0.1) is 0 Å². The summed E-state index contributed by atoms with van der Waals surface area (Å²) in [5.74, 6) is -1.17. The normalized spacial score (nSPS) is 13.4. The molecule has 29 heavy (non-hydrogen) atoms. The lowest BCUT2D eigenvalue weighted by Crippen LogP contribution is -2.45. The Morgan fingerprint density at radius 1 is 1.14 bits per heavy atom. The first-order valence-electron chi connectivity index (χ1n) is 9.32. The molecule has 7 nitrogen and oxygen atoms in total. The molecule has 1 heterocycles. The summed E-state index contributed by atoms with van der Waals surface area (Å²) in [4.78, 5) is 29.3. The van der Waals surface area contributed by atoms with Crippen molar-refractivity contribution in [2.45, 2.75) is 18.5 Å². The Hall–Kier alpha value is -3.61. The van der Waals surface area contributed by atoms with Gasteiger partial charge in [0, 0.05) is 25.4 Å². The van der Waals surface area contributed by atoms with Gasteiger partial charge in [0.25, 0.3) is 0 Å². The fourth-order valence-electron chi connectivity index (χ4n) is 3.78. The number of carbonyl (C=O) groups is 2. The molecule has 1 amide bonds. The molecule has 0 radical (unpaired) electrons. The minimum atomic E-state index is -1.10. The average Bonchev–Trinajstić information content (AvgIpc) is 3.36. The molecule has 1 aliphatic rings. The van der Waals surface area contributed by atoms with Crippen molar-refractivity contribution in [2.24, 2.45) is 0 Å². The number of rotatable bonds is 6. The van der Waals surface area contributed by atoms with E-state index in [0.717, 1.165) is 27.2 Å². The third-order valence-electron chi connectivity index (χ3n) is 5.32. The number of fused-ring (bicyclic) bond motifs is 3. The van der Waals surface area contributed by atoms with E-state index in [1.807, 2.05) is 36.4 Å². The smallest absolute Gasteiger partial charge is 0.410 e. The molecule has 0 fully saturated rings. The maximum atomic E-state index is 12.6. The summed E-state index contributed by atoms with van der Waals surface area (Å²) in [7, 11) is 1.44. The SMILES string of the molecule is CN(C(=O)OCC1c2ccccc2-c2ccccc21)C(Cn1ccnc1)C(=O)O. The largest absolute Gasteiger partial charge is 0.480 e. The fourth-order valence-corrected chi connectivity index (χ4v) is 3.78. The predicted octanol–water partition coefficient (Wildman–Crippen LogP) is 3.22. The third-order valence-corrected chi connectivity index (χ3v) is 5.32. The quantitative estimate of drug-likeness (QED) is 0.697. The molecule has 1 aliphatic carbocycles. The monoisotopic (exact) mass is 391 g/mol. The van der Waals surface area contributed by atoms with Crippen molar-refractivity contribution in [2.75, 3.05) is 13.7 Å². The third kappa shape index (κ3) is 3.59. The molecule has 148 valence electrons. The second-order valence-electron chi connectivity index (χ2n) is 7.03. The number of carbonyl (C=O) groups excluding carboxylic acids is 1. The van der Waals surface area contributed by atoms with Crippen molar-refractivity contribution in [3.05, 3.63) is 78.4 Å². The van der Waals surface area contributed by atoms with E-state index in [1.54, 1.807) is 17.0 Å². The molecule has 2 aromatic carbocycles. The van der Waals surface area contributed by atoms with E-state index in [0.29, 0.717) is 0 Å². The number of aromatic nitrogens is 2. The van der Waals surface area contributed by atoms with Crippen LogP contribution in [0.3, 0.4) is 0 Å². The molecule has 1 unspecified atom stereocenters. The van der Waals surface area contributed by atoms with Crippen molar-refractivity contribution < 1.29 is 19.4 Å². The Kier molecular flexibility index (Phi) is 5.03. The number of carboxylic acid groups (broad SMARTS) is 1. The van der Waals surface area contributed by atoms with Crippen LogP contribution in [-0.2, 0) is 16.1 Å². The number of ether oxygens (including phenoxy) is 1. The highest BCUT2D eigenvalue weighted by molar-refractivity contribution is 5.81. The molecule has 3 aromatic rings. The minimum Gasteiger partial charge on any atom is -0.480 e. The number of carboxylic acids is 1. The number of benzene rings is 2. The Labute approximate surface area is 168 Å². The zero-order valence-corrected chi connectivity index (χ0v) is 15.9. The average molecular weight is 391 g/mol. The predicted molar refractivity (Wildman–Crippen MR) is 106 cm³/mol. The van der Waals surface area contributed by atoms with E-state index in [-0.39, 0.29) is 19.1 Å². The van der Waals surface area contributed by atoms with Crippen molar-refractivity contribution in [1.82, 2.24) is 14.5 Å². The van der Waals surface area contributed by atoms with E-state index < -0.39 is 18.1 Å². The van der Waals surface area contributed by atoms with E-state index in [9.17, 15) is 14.7 Å². The highest BCUT2D eigenvalue weighted by Crippen LogP contribution is 2.44. The molecule has 0 saturated carbocycles. The first-order valence-corrected chi connectivity index (χ1v) is 9.32. The van der Waals surface area contributed by atoms with Gasteiger partial charge in [-0.25, -0.2) is 14.6 Å². The lowest BCUT2D eigenvalue weighted by Gasteiger charge is -2.25. The zero-order chi connectivity index (χ0) is 20.4. The Balaban J connectivity index is 1.48. The van der Waals surface area contributed by atoms with Gasteiger partial charge in [-0.2, -0.15) is 0 Å². The number of nitrogens with zero attached hydrogens (tertiary/aromatic N) is 3. The van der Waals surface area contributed by atoms with Crippen LogP contribution in [0.2, 0.25) is 0 Å². The van der Waals surface area contributed by atoms with Gasteiger partial charge in [0.05, 0.1) is 12.9 Å². The van der Waals surface area contributed by atoms with Crippen LogP contribution in [-0.4, -0.2) is 51.3 Å². The minimum absolute atomic E-state index is 0.0725. The summed E-state index contributed by atoms with van der Waals surface area (Å²) in [6, 6.07) is 15.1. The summed E-state index contributed by atoms with van der Waals surface area (Å²) in [5, 5.41) is 9.55. The molecular weight excluding hydrogens is 370 g/mol. The number of hydrogen-bond donors (Lipinski definition) is 1. The van der Waals surface area contributed by atoms with Crippen LogP contribution >= 0.6 is 0 Å². The lowest BCUT2D eigenvalue weighted by molar-refractivity contribution is -0.142. The molecular formula is C22H21N3O4. The van der Waals surface area contributed by atoms with Crippen molar-refractivity contribution in [3.63, 3.8) is 0 Å². The van der Waals surface area contributed by atoms with Crippen molar-refractivity contribution in [3.8, 4) is 11.1 Å². The van der Waals surface area contributed by atoms with Gasteiger partial charge < -0.3 is 14.4 Å². The molecule has 4 rings (SSSR count). The molecule has 1 aromatic heterocycles. The first-order chi connectivity index (χ1) is 14.1. The van der Waals surface area contributed by atoms with Gasteiger partial charge in [-0.05, 0) is 22.3 Å². The Bertz CT molecular complexity index is 987. The second-order valence-corrected chi connectivity index (χ2v) is 7.03. The van der Waals surface area contributed by atoms with Crippen LogP contribution in [0.1, 0.15) is 17.0 Å². The molecule has 0 saturated heterocycles. The highest BCUT2D eigenvalue weighted by atomic mass is 16.6. The summed E-state index contributed by atoms with van der Waals surface area (Å²) in [5.41, 5.74) is 4.50. The van der Waals surface area contributed by atoms with Crippen LogP contribution in [0.25, 0.3) is 11.1 Å². The number of hydrogen-bond acceptors (Lipinski definition) is 4.